The van der Waals surface area contributed by atoms with Gasteiger partial charge >= 0.3 is 0 Å². The van der Waals surface area contributed by atoms with Crippen LogP contribution < -0.4 is 4.90 Å². The lowest BCUT2D eigenvalue weighted by atomic mass is 10.1. The van der Waals surface area contributed by atoms with Crippen molar-refractivity contribution in [3.05, 3.63) is 89.0 Å². The number of carbonyl (C=O) groups excluding carboxylic acids is 1. The average Bonchev–Trinajstić information content (AvgIpc) is 3.16. The smallest absolute Gasteiger partial charge is 0.261 e. The number of hydrogen-bond acceptors (Lipinski definition) is 4. The molecule has 0 aliphatic carbocycles. The minimum Gasteiger partial charge on any atom is -0.279 e. The van der Waals surface area contributed by atoms with Crippen molar-refractivity contribution in [1.29, 1.82) is 0 Å². The summed E-state index contributed by atoms with van der Waals surface area (Å²) >= 11 is 3.16. The van der Waals surface area contributed by atoms with Crippen molar-refractivity contribution in [2.45, 2.75) is 25.3 Å². The van der Waals surface area contributed by atoms with Crippen molar-refractivity contribution in [1.82, 2.24) is 4.98 Å². The lowest BCUT2D eigenvalue weighted by Gasteiger charge is -2.21. The van der Waals surface area contributed by atoms with Crippen LogP contribution in [0.3, 0.4) is 0 Å². The highest BCUT2D eigenvalue weighted by Crippen LogP contribution is 2.34. The minimum absolute atomic E-state index is 0.0211. The molecule has 146 valence electrons. The third-order valence-corrected chi connectivity index (χ3v) is 6.64. The Morgan fingerprint density at radius 3 is 2.52 bits per heavy atom. The molecule has 0 unspecified atom stereocenters. The van der Waals surface area contributed by atoms with E-state index in [4.69, 9.17) is 4.98 Å². The second-order valence-electron chi connectivity index (χ2n) is 7.00. The third-order valence-electron chi connectivity index (χ3n) is 4.82. The molecule has 0 atom stereocenters. The molecule has 0 aliphatic rings. The SMILES string of the molecule is CSc1ccccc1C(=O)N(Cc1ccccc1)c1nc2c(C)cc(C)cc2s1. The van der Waals surface area contributed by atoms with Crippen LogP contribution in [0.1, 0.15) is 27.0 Å². The lowest BCUT2D eigenvalue weighted by Crippen LogP contribution is -2.30. The van der Waals surface area contributed by atoms with Crippen molar-refractivity contribution < 1.29 is 4.79 Å². The van der Waals surface area contributed by atoms with Gasteiger partial charge in [0, 0.05) is 4.90 Å². The molecule has 4 aromatic rings. The number of rotatable bonds is 5. The molecule has 1 heterocycles. The van der Waals surface area contributed by atoms with E-state index < -0.39 is 0 Å². The number of aryl methyl sites for hydroxylation is 2. The fraction of sp³-hybridized carbons (Fsp3) is 0.167. The van der Waals surface area contributed by atoms with Gasteiger partial charge in [-0.2, -0.15) is 0 Å². The number of anilines is 1. The van der Waals surface area contributed by atoms with Crippen LogP contribution in [0.25, 0.3) is 10.2 Å². The van der Waals surface area contributed by atoms with Crippen LogP contribution >= 0.6 is 23.1 Å². The summed E-state index contributed by atoms with van der Waals surface area (Å²) in [6, 6.07) is 22.1. The van der Waals surface area contributed by atoms with E-state index in [-0.39, 0.29) is 5.91 Å². The Morgan fingerprint density at radius 1 is 1.03 bits per heavy atom. The molecule has 0 N–H and O–H groups in total. The van der Waals surface area contributed by atoms with Crippen molar-refractivity contribution >= 4 is 44.4 Å². The molecule has 0 saturated heterocycles. The maximum atomic E-state index is 13.6. The fourth-order valence-electron chi connectivity index (χ4n) is 3.43. The van der Waals surface area contributed by atoms with E-state index in [1.54, 1.807) is 23.1 Å². The topological polar surface area (TPSA) is 33.2 Å². The summed E-state index contributed by atoms with van der Waals surface area (Å²) in [5.41, 5.74) is 5.11. The first-order valence-electron chi connectivity index (χ1n) is 9.43. The molecular weight excluding hydrogens is 396 g/mol. The van der Waals surface area contributed by atoms with Gasteiger partial charge in [0.25, 0.3) is 5.91 Å². The predicted octanol–water partition coefficient (Wildman–Crippen LogP) is 6.48. The predicted molar refractivity (Wildman–Crippen MR) is 124 cm³/mol. The summed E-state index contributed by atoms with van der Waals surface area (Å²) < 4.78 is 1.11. The molecule has 0 spiro atoms. The van der Waals surface area contributed by atoms with Gasteiger partial charge in [-0.3, -0.25) is 9.69 Å². The van der Waals surface area contributed by atoms with E-state index in [9.17, 15) is 4.79 Å². The zero-order valence-electron chi connectivity index (χ0n) is 16.7. The molecule has 0 fully saturated rings. The monoisotopic (exact) mass is 418 g/mol. The number of aromatic nitrogens is 1. The van der Waals surface area contributed by atoms with Crippen LogP contribution in [-0.4, -0.2) is 17.1 Å². The third kappa shape index (κ3) is 4.07. The van der Waals surface area contributed by atoms with E-state index in [0.717, 1.165) is 31.4 Å². The van der Waals surface area contributed by atoms with Gasteiger partial charge in [-0.25, -0.2) is 4.98 Å². The zero-order chi connectivity index (χ0) is 20.4. The van der Waals surface area contributed by atoms with Crippen molar-refractivity contribution in [2.24, 2.45) is 0 Å². The second-order valence-corrected chi connectivity index (χ2v) is 8.86. The van der Waals surface area contributed by atoms with E-state index in [1.165, 1.54) is 5.56 Å². The summed E-state index contributed by atoms with van der Waals surface area (Å²) in [6.07, 6.45) is 2.00. The number of nitrogens with zero attached hydrogens (tertiary/aromatic N) is 2. The van der Waals surface area contributed by atoms with Crippen LogP contribution in [-0.2, 0) is 6.54 Å². The summed E-state index contributed by atoms with van der Waals surface area (Å²) in [5, 5.41) is 0.735. The van der Waals surface area contributed by atoms with Gasteiger partial charge in [0.1, 0.15) is 0 Å². The molecule has 1 aromatic heterocycles. The van der Waals surface area contributed by atoms with Gasteiger partial charge < -0.3 is 0 Å². The summed E-state index contributed by atoms with van der Waals surface area (Å²) in [6.45, 7) is 4.65. The Labute approximate surface area is 179 Å². The van der Waals surface area contributed by atoms with Gasteiger partial charge in [0.15, 0.2) is 5.13 Å². The van der Waals surface area contributed by atoms with Crippen LogP contribution in [0, 0.1) is 13.8 Å². The number of thiazole rings is 1. The summed E-state index contributed by atoms with van der Waals surface area (Å²) in [7, 11) is 0. The van der Waals surface area contributed by atoms with Crippen LogP contribution in [0.5, 0.6) is 0 Å². The molecule has 4 rings (SSSR count). The van der Waals surface area contributed by atoms with Gasteiger partial charge in [-0.15, -0.1) is 11.8 Å². The van der Waals surface area contributed by atoms with E-state index >= 15 is 0 Å². The van der Waals surface area contributed by atoms with E-state index in [0.29, 0.717) is 12.1 Å². The Hall–Kier alpha value is -2.63. The van der Waals surface area contributed by atoms with Crippen LogP contribution in [0.2, 0.25) is 0 Å². The minimum atomic E-state index is -0.0211. The van der Waals surface area contributed by atoms with Gasteiger partial charge in [0.2, 0.25) is 0 Å². The molecule has 0 saturated carbocycles. The first kappa shape index (κ1) is 19.7. The molecule has 0 radical (unpaired) electrons. The molecule has 3 aromatic carbocycles. The number of benzene rings is 3. The fourth-order valence-corrected chi connectivity index (χ4v) is 5.16. The largest absolute Gasteiger partial charge is 0.279 e. The average molecular weight is 419 g/mol. The first-order valence-corrected chi connectivity index (χ1v) is 11.5. The van der Waals surface area contributed by atoms with Gasteiger partial charge in [-0.1, -0.05) is 59.9 Å². The number of thioether (sulfide) groups is 1. The highest BCUT2D eigenvalue weighted by Gasteiger charge is 2.24. The van der Waals surface area contributed by atoms with E-state index in [1.807, 2.05) is 65.8 Å². The molecule has 29 heavy (non-hydrogen) atoms. The normalized spacial score (nSPS) is 11.0. The Kier molecular flexibility index (Phi) is 5.69. The Morgan fingerprint density at radius 2 is 1.76 bits per heavy atom. The molecule has 0 bridgehead atoms. The second kappa shape index (κ2) is 8.39. The summed E-state index contributed by atoms with van der Waals surface area (Å²) in [4.78, 5) is 21.3. The highest BCUT2D eigenvalue weighted by atomic mass is 32.2. The standard InChI is InChI=1S/C24H22N2OS2/c1-16-13-17(2)22-21(14-16)29-24(25-22)26(15-18-9-5-4-6-10-18)23(27)19-11-7-8-12-20(19)28-3/h4-14H,15H2,1-3H3. The molecule has 5 heteroatoms. The Balaban J connectivity index is 1.82. The molecule has 3 nitrogen and oxygen atoms in total. The first-order chi connectivity index (χ1) is 14.1. The maximum absolute atomic E-state index is 13.6. The number of fused-ring (bicyclic) bond motifs is 1. The molecular formula is C24H22N2OS2. The van der Waals surface area contributed by atoms with E-state index in [2.05, 4.69) is 26.0 Å². The van der Waals surface area contributed by atoms with Crippen molar-refractivity contribution in [3.63, 3.8) is 0 Å². The number of carbonyl (C=O) groups is 1. The summed E-state index contributed by atoms with van der Waals surface area (Å²) in [5.74, 6) is -0.0211. The van der Waals surface area contributed by atoms with Crippen LogP contribution in [0.15, 0.2) is 71.6 Å². The van der Waals surface area contributed by atoms with Gasteiger partial charge in [-0.05, 0) is 55.0 Å². The van der Waals surface area contributed by atoms with Gasteiger partial charge in [0.05, 0.1) is 22.3 Å². The number of hydrogen-bond donors (Lipinski definition) is 0. The maximum Gasteiger partial charge on any atom is 0.261 e. The van der Waals surface area contributed by atoms with Crippen molar-refractivity contribution in [3.8, 4) is 0 Å². The quantitative estimate of drug-likeness (QED) is 0.348. The zero-order valence-corrected chi connectivity index (χ0v) is 18.3. The molecule has 0 aliphatic heterocycles. The lowest BCUT2D eigenvalue weighted by molar-refractivity contribution is 0.0982. The Bertz CT molecular complexity index is 1170. The van der Waals surface area contributed by atoms with Crippen molar-refractivity contribution in [2.75, 3.05) is 11.2 Å². The van der Waals surface area contributed by atoms with Crippen LogP contribution in [0.4, 0.5) is 5.13 Å². The number of amides is 1. The molecule has 1 amide bonds. The highest BCUT2D eigenvalue weighted by molar-refractivity contribution is 7.98.